The highest BCUT2D eigenvalue weighted by molar-refractivity contribution is 6.06. The number of carbonyl (C=O) groups excluding carboxylic acids is 1. The Balaban J connectivity index is 1.17. The number of aromatic nitrogens is 1. The van der Waals surface area contributed by atoms with Crippen molar-refractivity contribution in [3.05, 3.63) is 65.6 Å². The van der Waals surface area contributed by atoms with Crippen LogP contribution in [0, 0.1) is 17.2 Å². The third-order valence-electron chi connectivity index (χ3n) is 8.18. The molecular weight excluding hydrogens is 461 g/mol. The van der Waals surface area contributed by atoms with E-state index in [0.717, 1.165) is 50.4 Å². The Kier molecular flexibility index (Phi) is 5.71. The molecule has 0 atom stereocenters. The van der Waals surface area contributed by atoms with Gasteiger partial charge in [-0.2, -0.15) is 0 Å². The number of benzene rings is 2. The van der Waals surface area contributed by atoms with Crippen molar-refractivity contribution in [3.63, 3.8) is 0 Å². The minimum atomic E-state index is -0.724. The summed E-state index contributed by atoms with van der Waals surface area (Å²) >= 11 is 0. The number of halogens is 1. The van der Waals surface area contributed by atoms with Crippen LogP contribution < -0.4 is 10.2 Å². The lowest BCUT2D eigenvalue weighted by atomic mass is 9.50. The zero-order valence-electron chi connectivity index (χ0n) is 20.1. The predicted molar refractivity (Wildman–Crippen MR) is 134 cm³/mol. The smallest absolute Gasteiger partial charge is 0.306 e. The van der Waals surface area contributed by atoms with Crippen LogP contribution in [0.1, 0.15) is 41.6 Å². The number of aliphatic carboxylic acids is 1. The Morgan fingerprint density at radius 1 is 1.03 bits per heavy atom. The number of hydrogen-bond acceptors (Lipinski definition) is 4. The fourth-order valence-electron chi connectivity index (χ4n) is 6.28. The Labute approximate surface area is 208 Å². The molecule has 2 aromatic carbocycles. The van der Waals surface area contributed by atoms with E-state index in [9.17, 15) is 14.0 Å². The average molecular weight is 492 g/mol. The maximum absolute atomic E-state index is 14.6. The maximum atomic E-state index is 14.6. The van der Waals surface area contributed by atoms with E-state index in [2.05, 4.69) is 34.5 Å². The lowest BCUT2D eigenvalue weighted by molar-refractivity contribution is -0.155. The molecule has 2 N–H and O–H groups in total. The first-order chi connectivity index (χ1) is 17.4. The number of morpholine rings is 1. The zero-order valence-corrected chi connectivity index (χ0v) is 20.1. The Morgan fingerprint density at radius 2 is 1.75 bits per heavy atom. The summed E-state index contributed by atoms with van der Waals surface area (Å²) in [6, 6.07) is 13.0. The molecule has 3 fully saturated rings. The van der Waals surface area contributed by atoms with Crippen molar-refractivity contribution in [1.82, 2.24) is 9.88 Å². The van der Waals surface area contributed by atoms with Gasteiger partial charge in [0, 0.05) is 42.9 Å². The molecule has 2 aliphatic carbocycles. The Hall–Kier alpha value is -3.39. The molecule has 3 aromatic rings. The molecule has 0 unspecified atom stereocenters. The van der Waals surface area contributed by atoms with Gasteiger partial charge in [0.25, 0.3) is 5.91 Å². The van der Waals surface area contributed by atoms with Crippen LogP contribution in [0.2, 0.25) is 0 Å². The van der Waals surface area contributed by atoms with Crippen LogP contribution in [0.15, 0.2) is 48.7 Å². The second-order valence-corrected chi connectivity index (χ2v) is 10.6. The first kappa shape index (κ1) is 23.0. The normalized spacial score (nSPS) is 25.4. The third kappa shape index (κ3) is 4.13. The van der Waals surface area contributed by atoms with Crippen LogP contribution in [0.3, 0.4) is 0 Å². The van der Waals surface area contributed by atoms with Gasteiger partial charge in [0.05, 0.1) is 30.2 Å². The van der Waals surface area contributed by atoms with E-state index in [-0.39, 0.29) is 29.1 Å². The first-order valence-corrected chi connectivity index (χ1v) is 12.6. The zero-order chi connectivity index (χ0) is 24.9. The fraction of sp³-hybridized carbons (Fsp3) is 0.429. The number of carboxylic acids is 1. The van der Waals surface area contributed by atoms with Crippen LogP contribution in [0.4, 0.5) is 10.1 Å². The highest BCUT2D eigenvalue weighted by Crippen LogP contribution is 2.58. The summed E-state index contributed by atoms with van der Waals surface area (Å²) in [5.41, 5.74) is 3.35. The van der Waals surface area contributed by atoms with E-state index < -0.39 is 5.97 Å². The number of amides is 1. The second-order valence-electron chi connectivity index (χ2n) is 10.6. The van der Waals surface area contributed by atoms with Crippen molar-refractivity contribution in [2.45, 2.75) is 38.3 Å². The molecule has 1 spiro atoms. The van der Waals surface area contributed by atoms with E-state index in [4.69, 9.17) is 9.84 Å². The number of nitrogens with zero attached hydrogens (tertiary/aromatic N) is 2. The first-order valence-electron chi connectivity index (χ1n) is 12.6. The molecule has 3 aliphatic rings. The highest BCUT2D eigenvalue weighted by Gasteiger charge is 2.55. The van der Waals surface area contributed by atoms with Crippen molar-refractivity contribution in [2.24, 2.45) is 11.3 Å². The summed E-state index contributed by atoms with van der Waals surface area (Å²) in [5, 5.41) is 12.7. The molecule has 8 heteroatoms. The van der Waals surface area contributed by atoms with Crippen molar-refractivity contribution < 1.29 is 23.8 Å². The second kappa shape index (κ2) is 8.92. The van der Waals surface area contributed by atoms with Crippen molar-refractivity contribution >= 4 is 28.5 Å². The standard InChI is InChI=1S/C28H30FN3O4/c29-24-6-5-23(26(33)30-20-15-28(16-20)13-19(14-28)27(34)35)25-22(24)7-8-32(25)17-18-1-3-21(4-2-18)31-9-11-36-12-10-31/h1-8,19-20H,9-17H2,(H,30,33)(H,34,35). The maximum Gasteiger partial charge on any atom is 0.306 e. The largest absolute Gasteiger partial charge is 0.481 e. The molecule has 2 saturated carbocycles. The molecule has 1 aliphatic heterocycles. The number of carbonyl (C=O) groups is 2. The third-order valence-corrected chi connectivity index (χ3v) is 8.18. The van der Waals surface area contributed by atoms with Gasteiger partial charge in [0.1, 0.15) is 5.82 Å². The number of ether oxygens (including phenoxy) is 1. The summed E-state index contributed by atoms with van der Waals surface area (Å²) in [7, 11) is 0. The van der Waals surface area contributed by atoms with E-state index in [0.29, 0.717) is 35.9 Å². The van der Waals surface area contributed by atoms with Crippen molar-refractivity contribution in [2.75, 3.05) is 31.2 Å². The summed E-state index contributed by atoms with van der Waals surface area (Å²) < 4.78 is 22.0. The topological polar surface area (TPSA) is 83.8 Å². The number of hydrogen-bond donors (Lipinski definition) is 2. The minimum absolute atomic E-state index is 0.0310. The summed E-state index contributed by atoms with van der Waals surface area (Å²) in [6.45, 7) is 3.75. The molecule has 1 saturated heterocycles. The quantitative estimate of drug-likeness (QED) is 0.544. The Morgan fingerprint density at radius 3 is 2.44 bits per heavy atom. The number of nitrogens with one attached hydrogen (secondary N) is 1. The summed E-state index contributed by atoms with van der Waals surface area (Å²) in [4.78, 5) is 26.6. The number of anilines is 1. The molecule has 36 heavy (non-hydrogen) atoms. The van der Waals surface area contributed by atoms with Crippen molar-refractivity contribution in [3.8, 4) is 0 Å². The van der Waals surface area contributed by atoms with Gasteiger partial charge in [0.15, 0.2) is 0 Å². The monoisotopic (exact) mass is 491 g/mol. The minimum Gasteiger partial charge on any atom is -0.481 e. The van der Waals surface area contributed by atoms with E-state index in [1.54, 1.807) is 12.1 Å². The van der Waals surface area contributed by atoms with Gasteiger partial charge in [-0.1, -0.05) is 12.1 Å². The lowest BCUT2D eigenvalue weighted by Gasteiger charge is -2.56. The lowest BCUT2D eigenvalue weighted by Crippen LogP contribution is -2.57. The number of carboxylic acid groups (broad SMARTS) is 1. The van der Waals surface area contributed by atoms with Crippen LogP contribution in [-0.4, -0.2) is 53.9 Å². The van der Waals surface area contributed by atoms with Crippen molar-refractivity contribution in [1.29, 1.82) is 0 Å². The van der Waals surface area contributed by atoms with Gasteiger partial charge >= 0.3 is 5.97 Å². The SMILES string of the molecule is O=C(NC1CC2(C1)CC(C(=O)O)C2)c1ccc(F)c2ccn(Cc3ccc(N4CCOCC4)cc3)c12. The van der Waals surface area contributed by atoms with E-state index in [1.807, 2.05) is 10.8 Å². The molecule has 1 aromatic heterocycles. The van der Waals surface area contributed by atoms with Gasteiger partial charge in [-0.05, 0) is 67.0 Å². The molecule has 6 rings (SSSR count). The van der Waals surface area contributed by atoms with Gasteiger partial charge in [-0.15, -0.1) is 0 Å². The van der Waals surface area contributed by atoms with Gasteiger partial charge in [0.2, 0.25) is 0 Å². The average Bonchev–Trinajstić information content (AvgIpc) is 3.25. The number of fused-ring (bicyclic) bond motifs is 1. The molecule has 2 heterocycles. The van der Waals surface area contributed by atoms with Gasteiger partial charge in [-0.3, -0.25) is 9.59 Å². The molecule has 0 bridgehead atoms. The fourth-order valence-corrected chi connectivity index (χ4v) is 6.28. The predicted octanol–water partition coefficient (Wildman–Crippen LogP) is 4.04. The van der Waals surface area contributed by atoms with Crippen LogP contribution >= 0.6 is 0 Å². The van der Waals surface area contributed by atoms with Crippen LogP contribution in [-0.2, 0) is 16.1 Å². The van der Waals surface area contributed by atoms with Gasteiger partial charge in [-0.25, -0.2) is 4.39 Å². The number of rotatable bonds is 6. The van der Waals surface area contributed by atoms with E-state index in [1.165, 1.54) is 6.07 Å². The highest BCUT2D eigenvalue weighted by atomic mass is 19.1. The van der Waals surface area contributed by atoms with Crippen LogP contribution in [0.25, 0.3) is 10.9 Å². The Bertz CT molecular complexity index is 1300. The molecule has 0 radical (unpaired) electrons. The molecular formula is C28H30FN3O4. The molecule has 7 nitrogen and oxygen atoms in total. The van der Waals surface area contributed by atoms with Gasteiger partial charge < -0.3 is 24.6 Å². The molecule has 1 amide bonds. The molecule has 188 valence electrons. The summed E-state index contributed by atoms with van der Waals surface area (Å²) in [5.74, 6) is -1.53. The van der Waals surface area contributed by atoms with E-state index >= 15 is 0 Å². The summed E-state index contributed by atoms with van der Waals surface area (Å²) in [6.07, 6.45) is 4.84. The van der Waals surface area contributed by atoms with Crippen LogP contribution in [0.5, 0.6) is 0 Å².